The summed E-state index contributed by atoms with van der Waals surface area (Å²) in [5, 5.41) is 12.4. The number of nitrogens with zero attached hydrogens (tertiary/aromatic N) is 2. The minimum Gasteiger partial charge on any atom is -0.388 e. The van der Waals surface area contributed by atoms with Gasteiger partial charge in [0.25, 0.3) is 0 Å². The van der Waals surface area contributed by atoms with Crippen LogP contribution in [0.1, 0.15) is 22.8 Å². The zero-order chi connectivity index (χ0) is 11.4. The lowest BCUT2D eigenvalue weighted by atomic mass is 10.1. The summed E-state index contributed by atoms with van der Waals surface area (Å²) in [6, 6.07) is 8.36. The highest BCUT2D eigenvalue weighted by molar-refractivity contribution is 5.21. The Bertz CT molecular complexity index is 448. The van der Waals surface area contributed by atoms with E-state index in [1.165, 1.54) is 11.1 Å². The molecule has 0 amide bonds. The van der Waals surface area contributed by atoms with Crippen molar-refractivity contribution < 1.29 is 9.63 Å². The minimum absolute atomic E-state index is 0.173. The molecule has 0 saturated heterocycles. The Kier molecular flexibility index (Phi) is 3.31. The highest BCUT2D eigenvalue weighted by Crippen LogP contribution is 2.07. The Hall–Kier alpha value is -1.68. The monoisotopic (exact) mass is 218 g/mol. The molecule has 84 valence electrons. The molecule has 1 N–H and O–H groups in total. The molecule has 0 spiro atoms. The molecule has 0 bridgehead atoms. The molecule has 16 heavy (non-hydrogen) atoms. The first-order valence-corrected chi connectivity index (χ1v) is 5.26. The third-order valence-corrected chi connectivity index (χ3v) is 2.40. The van der Waals surface area contributed by atoms with Crippen molar-refractivity contribution in [1.82, 2.24) is 10.1 Å². The van der Waals surface area contributed by atoms with Crippen LogP contribution < -0.4 is 0 Å². The van der Waals surface area contributed by atoms with Gasteiger partial charge in [-0.15, -0.1) is 0 Å². The van der Waals surface area contributed by atoms with Crippen LogP contribution in [-0.2, 0) is 19.4 Å². The number of aliphatic hydroxyl groups excluding tert-OH is 1. The quantitative estimate of drug-likeness (QED) is 0.847. The molecule has 0 aliphatic rings. The van der Waals surface area contributed by atoms with Gasteiger partial charge in [-0.3, -0.25) is 0 Å². The van der Waals surface area contributed by atoms with E-state index in [1.807, 2.05) is 0 Å². The van der Waals surface area contributed by atoms with Gasteiger partial charge in [0.2, 0.25) is 5.89 Å². The van der Waals surface area contributed by atoms with Crippen molar-refractivity contribution in [2.45, 2.75) is 26.4 Å². The Balaban J connectivity index is 1.94. The van der Waals surface area contributed by atoms with Crippen molar-refractivity contribution in [3.8, 4) is 0 Å². The molecule has 0 fully saturated rings. The van der Waals surface area contributed by atoms with Crippen LogP contribution in [0.4, 0.5) is 0 Å². The number of aromatic nitrogens is 2. The smallest absolute Gasteiger partial charge is 0.227 e. The molecule has 0 saturated carbocycles. The topological polar surface area (TPSA) is 59.2 Å². The van der Waals surface area contributed by atoms with Crippen molar-refractivity contribution in [3.63, 3.8) is 0 Å². The predicted octanol–water partition coefficient (Wildman–Crippen LogP) is 1.66. The molecular formula is C12H14N2O2. The fourth-order valence-electron chi connectivity index (χ4n) is 1.46. The Morgan fingerprint density at radius 1 is 1.19 bits per heavy atom. The minimum atomic E-state index is -0.173. The second-order valence-corrected chi connectivity index (χ2v) is 3.75. The Labute approximate surface area is 93.9 Å². The molecule has 0 atom stereocenters. The molecule has 1 aromatic carbocycles. The van der Waals surface area contributed by atoms with Gasteiger partial charge in [-0.2, -0.15) is 4.98 Å². The van der Waals surface area contributed by atoms with Crippen molar-refractivity contribution >= 4 is 0 Å². The van der Waals surface area contributed by atoms with Crippen LogP contribution in [0.2, 0.25) is 0 Å². The maximum Gasteiger partial charge on any atom is 0.227 e. The maximum atomic E-state index is 8.78. The second-order valence-electron chi connectivity index (χ2n) is 3.75. The highest BCUT2D eigenvalue weighted by atomic mass is 16.5. The van der Waals surface area contributed by atoms with Gasteiger partial charge in [-0.05, 0) is 18.9 Å². The first-order valence-electron chi connectivity index (χ1n) is 5.26. The SMILES string of the molecule is Cc1ccc(CCc2nc(CO)no2)cc1. The maximum absolute atomic E-state index is 8.78. The third kappa shape index (κ3) is 2.67. The van der Waals surface area contributed by atoms with Crippen LogP contribution in [0.5, 0.6) is 0 Å². The van der Waals surface area contributed by atoms with Crippen molar-refractivity contribution in [1.29, 1.82) is 0 Å². The summed E-state index contributed by atoms with van der Waals surface area (Å²) in [5.74, 6) is 0.920. The molecule has 0 radical (unpaired) electrons. The predicted molar refractivity (Wildman–Crippen MR) is 58.8 cm³/mol. The van der Waals surface area contributed by atoms with Gasteiger partial charge >= 0.3 is 0 Å². The molecule has 1 aromatic heterocycles. The van der Waals surface area contributed by atoms with Crippen LogP contribution in [0.3, 0.4) is 0 Å². The van der Waals surface area contributed by atoms with Crippen molar-refractivity contribution in [3.05, 3.63) is 47.1 Å². The van der Waals surface area contributed by atoms with E-state index in [0.717, 1.165) is 6.42 Å². The van der Waals surface area contributed by atoms with Crippen LogP contribution in [-0.4, -0.2) is 15.2 Å². The van der Waals surface area contributed by atoms with E-state index in [1.54, 1.807) is 0 Å². The zero-order valence-electron chi connectivity index (χ0n) is 9.18. The largest absolute Gasteiger partial charge is 0.388 e. The molecular weight excluding hydrogens is 204 g/mol. The lowest BCUT2D eigenvalue weighted by Gasteiger charge is -1.98. The van der Waals surface area contributed by atoms with E-state index in [4.69, 9.17) is 9.63 Å². The number of aryl methyl sites for hydroxylation is 3. The second kappa shape index (κ2) is 4.90. The van der Waals surface area contributed by atoms with Gasteiger partial charge in [0.05, 0.1) is 0 Å². The summed E-state index contributed by atoms with van der Waals surface area (Å²) < 4.78 is 4.98. The van der Waals surface area contributed by atoms with Crippen LogP contribution in [0, 0.1) is 6.92 Å². The number of hydrogen-bond donors (Lipinski definition) is 1. The first-order chi connectivity index (χ1) is 7.78. The van der Waals surface area contributed by atoms with E-state index in [9.17, 15) is 0 Å². The number of rotatable bonds is 4. The van der Waals surface area contributed by atoms with Gasteiger partial charge in [0.1, 0.15) is 6.61 Å². The van der Waals surface area contributed by atoms with Gasteiger partial charge < -0.3 is 9.63 Å². The van der Waals surface area contributed by atoms with Crippen LogP contribution >= 0.6 is 0 Å². The van der Waals surface area contributed by atoms with Crippen LogP contribution in [0.15, 0.2) is 28.8 Å². The molecule has 4 heteroatoms. The summed E-state index contributed by atoms with van der Waals surface area (Å²) in [4.78, 5) is 4.03. The number of aliphatic hydroxyl groups is 1. The summed E-state index contributed by atoms with van der Waals surface area (Å²) >= 11 is 0. The van der Waals surface area contributed by atoms with E-state index >= 15 is 0 Å². The van der Waals surface area contributed by atoms with Gasteiger partial charge in [-0.1, -0.05) is 35.0 Å². The molecule has 4 nitrogen and oxygen atoms in total. The summed E-state index contributed by atoms with van der Waals surface area (Å²) in [5.41, 5.74) is 2.50. The molecule has 2 aromatic rings. The highest BCUT2D eigenvalue weighted by Gasteiger charge is 2.04. The molecule has 2 rings (SSSR count). The zero-order valence-corrected chi connectivity index (χ0v) is 9.18. The molecule has 0 unspecified atom stereocenters. The van der Waals surface area contributed by atoms with E-state index in [0.29, 0.717) is 18.1 Å². The Morgan fingerprint density at radius 3 is 2.56 bits per heavy atom. The third-order valence-electron chi connectivity index (χ3n) is 2.40. The van der Waals surface area contributed by atoms with Gasteiger partial charge in [-0.25, -0.2) is 0 Å². The van der Waals surface area contributed by atoms with Crippen molar-refractivity contribution in [2.75, 3.05) is 0 Å². The molecule has 0 aliphatic heterocycles. The lowest BCUT2D eigenvalue weighted by Crippen LogP contribution is -1.92. The standard InChI is InChI=1S/C12H14N2O2/c1-9-2-4-10(5-3-9)6-7-12-13-11(8-15)14-16-12/h2-5,15H,6-8H2,1H3. The molecule has 1 heterocycles. The average Bonchev–Trinajstić information content (AvgIpc) is 2.76. The number of hydrogen-bond acceptors (Lipinski definition) is 4. The summed E-state index contributed by atoms with van der Waals surface area (Å²) in [6.45, 7) is 1.89. The first kappa shape index (κ1) is 10.8. The van der Waals surface area contributed by atoms with E-state index in [2.05, 4.69) is 41.3 Å². The van der Waals surface area contributed by atoms with Crippen molar-refractivity contribution in [2.24, 2.45) is 0 Å². The summed E-state index contributed by atoms with van der Waals surface area (Å²) in [7, 11) is 0. The fraction of sp³-hybridized carbons (Fsp3) is 0.333. The average molecular weight is 218 g/mol. The lowest BCUT2D eigenvalue weighted by molar-refractivity contribution is 0.262. The normalized spacial score (nSPS) is 10.6. The summed E-state index contributed by atoms with van der Waals surface area (Å²) in [6.07, 6.45) is 1.57. The van der Waals surface area contributed by atoms with Gasteiger partial charge in [0, 0.05) is 6.42 Å². The fourth-order valence-corrected chi connectivity index (χ4v) is 1.46. The van der Waals surface area contributed by atoms with Gasteiger partial charge in [0.15, 0.2) is 5.82 Å². The van der Waals surface area contributed by atoms with Crippen LogP contribution in [0.25, 0.3) is 0 Å². The number of benzene rings is 1. The Morgan fingerprint density at radius 2 is 1.94 bits per heavy atom. The molecule has 0 aliphatic carbocycles. The van der Waals surface area contributed by atoms with E-state index < -0.39 is 0 Å². The van der Waals surface area contributed by atoms with E-state index in [-0.39, 0.29) is 6.61 Å².